The molecule has 1 aliphatic carbocycles. The van der Waals surface area contributed by atoms with Crippen LogP contribution >= 0.6 is 24.0 Å². The third-order valence-corrected chi connectivity index (χ3v) is 6.29. The summed E-state index contributed by atoms with van der Waals surface area (Å²) in [6.45, 7) is 10.3. The van der Waals surface area contributed by atoms with Crippen LogP contribution < -0.4 is 11.1 Å². The van der Waals surface area contributed by atoms with Gasteiger partial charge in [-0.2, -0.15) is 0 Å². The Morgan fingerprint density at radius 1 is 1.30 bits per heavy atom. The molecule has 4 heteroatoms. The van der Waals surface area contributed by atoms with Crippen molar-refractivity contribution in [1.29, 1.82) is 0 Å². The molecule has 0 spiro atoms. The lowest BCUT2D eigenvalue weighted by Crippen LogP contribution is -2.16. The van der Waals surface area contributed by atoms with Crippen LogP contribution in [0.15, 0.2) is 23.1 Å². The summed E-state index contributed by atoms with van der Waals surface area (Å²) in [6, 6.07) is 6.19. The highest BCUT2D eigenvalue weighted by Crippen LogP contribution is 2.68. The van der Waals surface area contributed by atoms with Crippen LogP contribution in [0.5, 0.6) is 0 Å². The van der Waals surface area contributed by atoms with Gasteiger partial charge in [0.05, 0.1) is 0 Å². The van der Waals surface area contributed by atoms with Gasteiger partial charge in [-0.3, -0.25) is 0 Å². The number of benzene rings is 1. The van der Waals surface area contributed by atoms with Crippen molar-refractivity contribution in [3.8, 4) is 0 Å². The van der Waals surface area contributed by atoms with E-state index in [9.17, 15) is 0 Å². The van der Waals surface area contributed by atoms with Gasteiger partial charge in [0, 0.05) is 22.7 Å². The third kappa shape index (κ3) is 2.44. The van der Waals surface area contributed by atoms with E-state index in [1.807, 2.05) is 6.26 Å². The zero-order valence-corrected chi connectivity index (χ0v) is 14.5. The maximum atomic E-state index is 5.90. The summed E-state index contributed by atoms with van der Waals surface area (Å²) in [5.41, 5.74) is 8.71. The molecule has 2 rings (SSSR count). The first kappa shape index (κ1) is 15.6. The molecule has 1 aliphatic rings. The van der Waals surface area contributed by atoms with Gasteiger partial charge in [-0.15, -0.1) is 11.8 Å². The minimum absolute atomic E-state index is 0.389. The predicted octanol–water partition coefficient (Wildman–Crippen LogP) is 4.14. The Labute approximate surface area is 131 Å². The lowest BCUT2D eigenvalue weighted by molar-refractivity contribution is 0.457. The van der Waals surface area contributed by atoms with Crippen LogP contribution in [0.25, 0.3) is 0 Å². The van der Waals surface area contributed by atoms with Crippen LogP contribution in [0.4, 0.5) is 5.69 Å². The molecule has 0 atom stereocenters. The molecule has 0 heterocycles. The number of rotatable bonds is 5. The molecular weight excluding hydrogens is 284 g/mol. The molecule has 0 unspecified atom stereocenters. The van der Waals surface area contributed by atoms with Gasteiger partial charge in [-0.1, -0.05) is 46.0 Å². The van der Waals surface area contributed by atoms with Crippen molar-refractivity contribution in [2.24, 2.45) is 22.5 Å². The van der Waals surface area contributed by atoms with E-state index in [0.29, 0.717) is 21.7 Å². The summed E-state index contributed by atoms with van der Waals surface area (Å²) < 4.78 is 0. The second kappa shape index (κ2) is 5.23. The smallest absolute Gasteiger partial charge is 0.107 e. The first-order valence-corrected chi connectivity index (χ1v) is 8.57. The number of thiocarbonyl (C=S) groups is 1. The molecule has 0 amide bonds. The maximum Gasteiger partial charge on any atom is 0.107 e. The molecule has 0 saturated heterocycles. The van der Waals surface area contributed by atoms with Gasteiger partial charge in [0.1, 0.15) is 4.99 Å². The van der Waals surface area contributed by atoms with Crippen molar-refractivity contribution in [2.75, 3.05) is 18.1 Å². The maximum absolute atomic E-state index is 5.90. The highest BCUT2D eigenvalue weighted by Gasteiger charge is 2.64. The Morgan fingerprint density at radius 3 is 2.35 bits per heavy atom. The highest BCUT2D eigenvalue weighted by atomic mass is 32.2. The van der Waals surface area contributed by atoms with Gasteiger partial charge in [-0.05, 0) is 35.1 Å². The van der Waals surface area contributed by atoms with E-state index in [-0.39, 0.29) is 0 Å². The molecule has 0 bridgehead atoms. The quantitative estimate of drug-likeness (QED) is 0.633. The van der Waals surface area contributed by atoms with Gasteiger partial charge < -0.3 is 11.1 Å². The normalized spacial score (nSPS) is 19.6. The van der Waals surface area contributed by atoms with Crippen molar-refractivity contribution in [1.82, 2.24) is 0 Å². The fourth-order valence-electron chi connectivity index (χ4n) is 3.16. The van der Waals surface area contributed by atoms with E-state index in [4.69, 9.17) is 18.0 Å². The Kier molecular flexibility index (Phi) is 4.09. The summed E-state index contributed by atoms with van der Waals surface area (Å²) in [4.78, 5) is 1.60. The fourth-order valence-corrected chi connectivity index (χ4v) is 4.08. The van der Waals surface area contributed by atoms with Gasteiger partial charge in [-0.25, -0.2) is 0 Å². The number of hydrogen-bond acceptors (Lipinski definition) is 3. The molecule has 110 valence electrons. The predicted molar refractivity (Wildman–Crippen MR) is 93.7 cm³/mol. The Hall–Kier alpha value is -0.740. The molecule has 1 saturated carbocycles. The summed E-state index contributed by atoms with van der Waals surface area (Å²) >= 11 is 6.89. The summed E-state index contributed by atoms with van der Waals surface area (Å²) in [5, 5.41) is 3.56. The Morgan fingerprint density at radius 2 is 1.90 bits per heavy atom. The monoisotopic (exact) mass is 308 g/mol. The van der Waals surface area contributed by atoms with Crippen molar-refractivity contribution in [3.63, 3.8) is 0 Å². The van der Waals surface area contributed by atoms with Crippen LogP contribution in [0.2, 0.25) is 0 Å². The Bertz CT molecular complexity index is 521. The van der Waals surface area contributed by atoms with Crippen LogP contribution in [-0.2, 0) is 0 Å². The first-order chi connectivity index (χ1) is 9.23. The number of thioether (sulfide) groups is 1. The molecular formula is C16H24N2S2. The molecule has 1 fully saturated rings. The van der Waals surface area contributed by atoms with Gasteiger partial charge in [0.25, 0.3) is 0 Å². The largest absolute Gasteiger partial charge is 0.389 e. The second-order valence-corrected chi connectivity index (χ2v) is 7.91. The number of hydrogen-bond donors (Lipinski definition) is 2. The standard InChI is InChI=1S/C16H24N2S2/c1-15(2)12(16(15,3)4)9-18-10-7-6-8-11(20-5)13(10)14(17)19/h6-8,12,18H,9H2,1-5H3,(H2,17,19). The molecule has 0 aromatic heterocycles. The van der Waals surface area contributed by atoms with Crippen LogP contribution in [0, 0.1) is 16.7 Å². The second-order valence-electron chi connectivity index (χ2n) is 6.62. The lowest BCUT2D eigenvalue weighted by Gasteiger charge is -2.15. The molecule has 20 heavy (non-hydrogen) atoms. The van der Waals surface area contributed by atoms with Crippen molar-refractivity contribution in [3.05, 3.63) is 23.8 Å². The zero-order chi connectivity index (χ0) is 15.1. The first-order valence-electron chi connectivity index (χ1n) is 6.94. The average molecular weight is 309 g/mol. The molecule has 0 aliphatic heterocycles. The van der Waals surface area contributed by atoms with E-state index in [0.717, 1.165) is 22.7 Å². The van der Waals surface area contributed by atoms with Crippen molar-refractivity contribution in [2.45, 2.75) is 32.6 Å². The van der Waals surface area contributed by atoms with Gasteiger partial charge in [0.15, 0.2) is 0 Å². The zero-order valence-electron chi connectivity index (χ0n) is 12.9. The molecule has 0 radical (unpaired) electrons. The van der Waals surface area contributed by atoms with E-state index in [1.165, 1.54) is 0 Å². The van der Waals surface area contributed by atoms with E-state index in [2.05, 4.69) is 51.2 Å². The lowest BCUT2D eigenvalue weighted by atomic mass is 10.0. The number of nitrogens with two attached hydrogens (primary N) is 1. The SMILES string of the molecule is CSc1cccc(NCC2C(C)(C)C2(C)C)c1C(N)=S. The third-order valence-electron chi connectivity index (χ3n) is 5.31. The molecule has 2 nitrogen and oxygen atoms in total. The van der Waals surface area contributed by atoms with Crippen molar-refractivity contribution < 1.29 is 0 Å². The van der Waals surface area contributed by atoms with E-state index >= 15 is 0 Å². The van der Waals surface area contributed by atoms with Crippen LogP contribution in [-0.4, -0.2) is 17.8 Å². The summed E-state index contributed by atoms with van der Waals surface area (Å²) in [5.74, 6) is 0.673. The number of nitrogens with one attached hydrogen (secondary N) is 1. The summed E-state index contributed by atoms with van der Waals surface area (Å²) in [7, 11) is 0. The molecule has 1 aromatic rings. The van der Waals surface area contributed by atoms with Crippen LogP contribution in [0.1, 0.15) is 33.3 Å². The van der Waals surface area contributed by atoms with Crippen LogP contribution in [0.3, 0.4) is 0 Å². The van der Waals surface area contributed by atoms with E-state index < -0.39 is 0 Å². The van der Waals surface area contributed by atoms with E-state index in [1.54, 1.807) is 11.8 Å². The van der Waals surface area contributed by atoms with Gasteiger partial charge in [0.2, 0.25) is 0 Å². The van der Waals surface area contributed by atoms with Gasteiger partial charge >= 0.3 is 0 Å². The fraction of sp³-hybridized carbons (Fsp3) is 0.562. The molecule has 1 aromatic carbocycles. The molecule has 3 N–H and O–H groups in total. The minimum Gasteiger partial charge on any atom is -0.389 e. The topological polar surface area (TPSA) is 38.0 Å². The number of anilines is 1. The minimum atomic E-state index is 0.389. The van der Waals surface area contributed by atoms with Crippen molar-refractivity contribution >= 4 is 34.7 Å². The summed E-state index contributed by atoms with van der Waals surface area (Å²) in [6.07, 6.45) is 2.05. The average Bonchev–Trinajstić information content (AvgIpc) is 2.76. The Balaban J connectivity index is 2.17. The highest BCUT2D eigenvalue weighted by molar-refractivity contribution is 7.98.